The van der Waals surface area contributed by atoms with Crippen molar-refractivity contribution in [1.82, 2.24) is 5.32 Å². The van der Waals surface area contributed by atoms with E-state index in [1.54, 1.807) is 36.4 Å². The van der Waals surface area contributed by atoms with Gasteiger partial charge in [0, 0.05) is 17.6 Å². The predicted octanol–water partition coefficient (Wildman–Crippen LogP) is 4.34. The number of benzene rings is 3. The van der Waals surface area contributed by atoms with Gasteiger partial charge in [-0.15, -0.1) is 0 Å². The minimum absolute atomic E-state index is 0.0895. The first kappa shape index (κ1) is 19.0. The van der Waals surface area contributed by atoms with E-state index in [0.29, 0.717) is 45.7 Å². The maximum Gasteiger partial charge on any atom is 0.257 e. The Morgan fingerprint density at radius 2 is 1.72 bits per heavy atom. The number of halogens is 1. The van der Waals surface area contributed by atoms with Crippen molar-refractivity contribution in [2.24, 2.45) is 0 Å². The molecular formula is C23H18ClNO4. The van der Waals surface area contributed by atoms with Gasteiger partial charge in [-0.2, -0.15) is 0 Å². The summed E-state index contributed by atoms with van der Waals surface area (Å²) in [5, 5.41) is 4.51. The molecule has 6 heteroatoms. The third-order valence-electron chi connectivity index (χ3n) is 4.57. The molecule has 1 aromatic heterocycles. The first-order valence-corrected chi connectivity index (χ1v) is 9.57. The van der Waals surface area contributed by atoms with E-state index in [0.717, 1.165) is 5.56 Å². The fraction of sp³-hybridized carbons (Fsp3) is 0.130. The number of hydrogen-bond donors (Lipinski definition) is 1. The van der Waals surface area contributed by atoms with Crippen LogP contribution in [0.25, 0.3) is 21.9 Å². The molecule has 0 unspecified atom stereocenters. The Morgan fingerprint density at radius 1 is 0.966 bits per heavy atom. The van der Waals surface area contributed by atoms with Gasteiger partial charge in [0.2, 0.25) is 5.43 Å². The van der Waals surface area contributed by atoms with Crippen LogP contribution in [0.5, 0.6) is 5.75 Å². The van der Waals surface area contributed by atoms with Crippen LogP contribution in [0.4, 0.5) is 0 Å². The third kappa shape index (κ3) is 4.41. The highest BCUT2D eigenvalue weighted by Gasteiger charge is 2.09. The standard InChI is InChI=1S/C23H18ClNO4/c24-16-7-5-15(6-8-16)11-12-25-22(26)14-28-17-9-10-19-21(13-17)29-20-4-2-1-3-18(20)23(19)27/h1-10,13H,11-12,14H2,(H,25,26). The molecule has 0 radical (unpaired) electrons. The van der Waals surface area contributed by atoms with E-state index in [1.165, 1.54) is 0 Å². The van der Waals surface area contributed by atoms with Gasteiger partial charge in [-0.1, -0.05) is 35.9 Å². The van der Waals surface area contributed by atoms with Gasteiger partial charge < -0.3 is 14.5 Å². The highest BCUT2D eigenvalue weighted by atomic mass is 35.5. The molecule has 0 aliphatic heterocycles. The van der Waals surface area contributed by atoms with Crippen molar-refractivity contribution in [3.63, 3.8) is 0 Å². The Balaban J connectivity index is 1.37. The Kier molecular flexibility index (Phi) is 5.49. The van der Waals surface area contributed by atoms with Gasteiger partial charge in [-0.25, -0.2) is 0 Å². The van der Waals surface area contributed by atoms with Gasteiger partial charge in [0.05, 0.1) is 10.8 Å². The molecule has 4 rings (SSSR count). The quantitative estimate of drug-likeness (QED) is 0.483. The minimum atomic E-state index is -0.223. The molecule has 146 valence electrons. The third-order valence-corrected chi connectivity index (χ3v) is 4.82. The number of carbonyl (C=O) groups excluding carboxylic acids is 1. The van der Waals surface area contributed by atoms with E-state index in [9.17, 15) is 9.59 Å². The molecule has 29 heavy (non-hydrogen) atoms. The predicted molar refractivity (Wildman–Crippen MR) is 114 cm³/mol. The molecule has 0 aliphatic rings. The van der Waals surface area contributed by atoms with Crippen molar-refractivity contribution in [3.8, 4) is 5.75 Å². The summed E-state index contributed by atoms with van der Waals surface area (Å²) in [5.41, 5.74) is 1.94. The molecule has 0 aliphatic carbocycles. The van der Waals surface area contributed by atoms with E-state index in [2.05, 4.69) is 5.32 Å². The van der Waals surface area contributed by atoms with Crippen LogP contribution in [-0.2, 0) is 11.2 Å². The second-order valence-corrected chi connectivity index (χ2v) is 7.04. The number of carbonyl (C=O) groups is 1. The number of hydrogen-bond acceptors (Lipinski definition) is 4. The second-order valence-electron chi connectivity index (χ2n) is 6.60. The number of ether oxygens (including phenoxy) is 1. The van der Waals surface area contributed by atoms with Crippen molar-refractivity contribution >= 4 is 39.4 Å². The fourth-order valence-electron chi connectivity index (χ4n) is 3.07. The summed E-state index contributed by atoms with van der Waals surface area (Å²) in [5.74, 6) is 0.239. The Labute approximate surface area is 171 Å². The maximum absolute atomic E-state index is 12.5. The maximum atomic E-state index is 12.5. The van der Waals surface area contributed by atoms with Crippen molar-refractivity contribution in [2.45, 2.75) is 6.42 Å². The van der Waals surface area contributed by atoms with Gasteiger partial charge in [0.15, 0.2) is 6.61 Å². The summed E-state index contributed by atoms with van der Waals surface area (Å²) in [4.78, 5) is 24.6. The number of fused-ring (bicyclic) bond motifs is 2. The molecule has 1 heterocycles. The van der Waals surface area contributed by atoms with Crippen molar-refractivity contribution in [2.75, 3.05) is 13.2 Å². The van der Waals surface area contributed by atoms with Crippen LogP contribution in [0, 0.1) is 0 Å². The summed E-state index contributed by atoms with van der Waals surface area (Å²) >= 11 is 5.86. The average Bonchev–Trinajstić information content (AvgIpc) is 2.74. The summed E-state index contributed by atoms with van der Waals surface area (Å²) in [6.45, 7) is 0.381. The number of para-hydroxylation sites is 1. The second kappa shape index (κ2) is 8.37. The average molecular weight is 408 g/mol. The first-order chi connectivity index (χ1) is 14.1. The molecule has 0 saturated heterocycles. The summed E-state index contributed by atoms with van der Waals surface area (Å²) in [6.07, 6.45) is 0.705. The molecule has 0 saturated carbocycles. The van der Waals surface area contributed by atoms with Gasteiger partial charge in [0.25, 0.3) is 5.91 Å². The minimum Gasteiger partial charge on any atom is -0.484 e. The van der Waals surface area contributed by atoms with E-state index < -0.39 is 0 Å². The normalized spacial score (nSPS) is 10.9. The largest absolute Gasteiger partial charge is 0.484 e. The SMILES string of the molecule is O=C(COc1ccc2c(=O)c3ccccc3oc2c1)NCCc1ccc(Cl)cc1. The first-order valence-electron chi connectivity index (χ1n) is 9.20. The molecule has 3 aromatic carbocycles. The van der Waals surface area contributed by atoms with Crippen LogP contribution in [0.1, 0.15) is 5.56 Å². The van der Waals surface area contributed by atoms with E-state index >= 15 is 0 Å². The molecule has 5 nitrogen and oxygen atoms in total. The lowest BCUT2D eigenvalue weighted by Crippen LogP contribution is -2.30. The van der Waals surface area contributed by atoms with Gasteiger partial charge in [0.1, 0.15) is 16.9 Å². The van der Waals surface area contributed by atoms with Crippen LogP contribution < -0.4 is 15.5 Å². The fourth-order valence-corrected chi connectivity index (χ4v) is 3.19. The number of amides is 1. The molecule has 0 atom stereocenters. The molecule has 1 N–H and O–H groups in total. The Bertz CT molecular complexity index is 1230. The lowest BCUT2D eigenvalue weighted by atomic mass is 10.1. The van der Waals surface area contributed by atoms with Gasteiger partial charge in [-0.05, 0) is 48.4 Å². The van der Waals surface area contributed by atoms with Crippen molar-refractivity contribution < 1.29 is 13.9 Å². The van der Waals surface area contributed by atoms with E-state index in [-0.39, 0.29) is 17.9 Å². The lowest BCUT2D eigenvalue weighted by Gasteiger charge is -2.08. The number of nitrogens with one attached hydrogen (secondary N) is 1. The molecular weight excluding hydrogens is 390 g/mol. The Morgan fingerprint density at radius 3 is 2.55 bits per heavy atom. The zero-order valence-electron chi connectivity index (χ0n) is 15.5. The summed E-state index contributed by atoms with van der Waals surface area (Å²) in [7, 11) is 0. The van der Waals surface area contributed by atoms with Crippen LogP contribution in [0.15, 0.2) is 75.9 Å². The van der Waals surface area contributed by atoms with Crippen LogP contribution in [0.3, 0.4) is 0 Å². The molecule has 4 aromatic rings. The monoisotopic (exact) mass is 407 g/mol. The molecule has 0 spiro atoms. The zero-order chi connectivity index (χ0) is 20.2. The van der Waals surface area contributed by atoms with Crippen LogP contribution in [-0.4, -0.2) is 19.1 Å². The zero-order valence-corrected chi connectivity index (χ0v) is 16.2. The van der Waals surface area contributed by atoms with E-state index in [1.807, 2.05) is 30.3 Å². The summed E-state index contributed by atoms with van der Waals surface area (Å²) in [6, 6.07) is 19.5. The summed E-state index contributed by atoms with van der Waals surface area (Å²) < 4.78 is 11.4. The van der Waals surface area contributed by atoms with Crippen molar-refractivity contribution in [1.29, 1.82) is 0 Å². The topological polar surface area (TPSA) is 68.5 Å². The smallest absolute Gasteiger partial charge is 0.257 e. The number of rotatable bonds is 6. The van der Waals surface area contributed by atoms with Gasteiger partial charge >= 0.3 is 0 Å². The van der Waals surface area contributed by atoms with Crippen LogP contribution >= 0.6 is 11.6 Å². The Hall–Kier alpha value is -3.31. The lowest BCUT2D eigenvalue weighted by molar-refractivity contribution is -0.123. The molecule has 0 bridgehead atoms. The van der Waals surface area contributed by atoms with Gasteiger partial charge in [-0.3, -0.25) is 9.59 Å². The highest BCUT2D eigenvalue weighted by Crippen LogP contribution is 2.22. The molecule has 1 amide bonds. The van der Waals surface area contributed by atoms with Crippen molar-refractivity contribution in [3.05, 3.63) is 87.5 Å². The highest BCUT2D eigenvalue weighted by molar-refractivity contribution is 6.30. The molecule has 0 fully saturated rings. The van der Waals surface area contributed by atoms with E-state index in [4.69, 9.17) is 20.8 Å². The van der Waals surface area contributed by atoms with Crippen LogP contribution in [0.2, 0.25) is 5.02 Å².